The van der Waals surface area contributed by atoms with Crippen LogP contribution in [-0.2, 0) is 4.79 Å². The zero-order chi connectivity index (χ0) is 13.9. The second-order valence-electron chi connectivity index (χ2n) is 6.26. The lowest BCUT2D eigenvalue weighted by Gasteiger charge is -2.34. The molecule has 104 valence electrons. The summed E-state index contributed by atoms with van der Waals surface area (Å²) >= 11 is 0. The Morgan fingerprint density at radius 2 is 1.84 bits per heavy atom. The maximum Gasteiger partial charge on any atom is 0.253 e. The Morgan fingerprint density at radius 3 is 2.42 bits per heavy atom. The van der Waals surface area contributed by atoms with E-state index in [1.807, 2.05) is 18.2 Å². The lowest BCUT2D eigenvalue weighted by molar-refractivity contribution is -0.130. The van der Waals surface area contributed by atoms with Gasteiger partial charge in [0.1, 0.15) is 0 Å². The van der Waals surface area contributed by atoms with Crippen molar-refractivity contribution in [2.45, 2.75) is 51.7 Å². The maximum absolute atomic E-state index is 12.0. The van der Waals surface area contributed by atoms with E-state index in [1.165, 1.54) is 0 Å². The lowest BCUT2D eigenvalue weighted by Crippen LogP contribution is -2.41. The highest BCUT2D eigenvalue weighted by Gasteiger charge is 2.29. The van der Waals surface area contributed by atoms with Crippen molar-refractivity contribution < 1.29 is 9.90 Å². The number of rotatable bonds is 3. The van der Waals surface area contributed by atoms with Crippen LogP contribution in [-0.4, -0.2) is 17.1 Å². The van der Waals surface area contributed by atoms with Crippen molar-refractivity contribution in [3.8, 4) is 0 Å². The Bertz CT molecular complexity index is 418. The molecule has 0 bridgehead atoms. The molecule has 3 nitrogen and oxygen atoms in total. The Morgan fingerprint density at radius 1 is 1.26 bits per heavy atom. The molecule has 19 heavy (non-hydrogen) atoms. The minimum atomic E-state index is -1.06. The van der Waals surface area contributed by atoms with E-state index < -0.39 is 6.10 Å². The molecular formula is C16H23NO2. The van der Waals surface area contributed by atoms with E-state index in [1.54, 1.807) is 12.1 Å². The van der Waals surface area contributed by atoms with E-state index in [2.05, 4.69) is 19.2 Å². The zero-order valence-electron chi connectivity index (χ0n) is 11.7. The molecule has 0 heterocycles. The number of carbonyl (C=O) groups excluding carboxylic acids is 1. The molecule has 0 radical (unpaired) electrons. The molecule has 0 saturated heterocycles. The van der Waals surface area contributed by atoms with Gasteiger partial charge in [0.25, 0.3) is 5.91 Å². The van der Waals surface area contributed by atoms with Gasteiger partial charge in [0, 0.05) is 6.04 Å². The lowest BCUT2D eigenvalue weighted by atomic mass is 9.75. The van der Waals surface area contributed by atoms with Gasteiger partial charge in [0.15, 0.2) is 6.10 Å². The number of aliphatic hydroxyl groups is 1. The van der Waals surface area contributed by atoms with Crippen LogP contribution in [0.2, 0.25) is 0 Å². The molecule has 1 aliphatic carbocycles. The molecule has 1 atom stereocenters. The fourth-order valence-electron chi connectivity index (χ4n) is 2.61. The van der Waals surface area contributed by atoms with Gasteiger partial charge in [-0.2, -0.15) is 0 Å². The van der Waals surface area contributed by atoms with E-state index in [0.717, 1.165) is 25.7 Å². The summed E-state index contributed by atoms with van der Waals surface area (Å²) < 4.78 is 0. The average Bonchev–Trinajstić information content (AvgIpc) is 2.41. The number of nitrogens with one attached hydrogen (secondary N) is 1. The molecule has 1 aromatic carbocycles. The molecule has 2 rings (SSSR count). The molecule has 3 heteroatoms. The van der Waals surface area contributed by atoms with Crippen molar-refractivity contribution >= 4 is 5.91 Å². The van der Waals surface area contributed by atoms with Crippen LogP contribution < -0.4 is 5.32 Å². The molecule has 1 unspecified atom stereocenters. The minimum absolute atomic E-state index is 0.207. The summed E-state index contributed by atoms with van der Waals surface area (Å²) in [7, 11) is 0. The average molecular weight is 261 g/mol. The molecule has 1 aromatic rings. The highest BCUT2D eigenvalue weighted by Crippen LogP contribution is 2.35. The first-order valence-corrected chi connectivity index (χ1v) is 7.01. The van der Waals surface area contributed by atoms with Crippen molar-refractivity contribution in [2.75, 3.05) is 0 Å². The molecule has 0 aliphatic heterocycles. The number of hydrogen-bond acceptors (Lipinski definition) is 2. The number of aliphatic hydroxyl groups excluding tert-OH is 1. The fraction of sp³-hybridized carbons (Fsp3) is 0.562. The number of amides is 1. The van der Waals surface area contributed by atoms with Gasteiger partial charge in [-0.3, -0.25) is 4.79 Å². The first-order chi connectivity index (χ1) is 8.98. The number of hydrogen-bond donors (Lipinski definition) is 2. The third-order valence-electron chi connectivity index (χ3n) is 4.05. The van der Waals surface area contributed by atoms with Crippen molar-refractivity contribution in [3.63, 3.8) is 0 Å². The molecular weight excluding hydrogens is 238 g/mol. The third kappa shape index (κ3) is 3.80. The first kappa shape index (κ1) is 14.1. The third-order valence-corrected chi connectivity index (χ3v) is 4.05. The quantitative estimate of drug-likeness (QED) is 0.879. The van der Waals surface area contributed by atoms with Crippen LogP contribution in [0.15, 0.2) is 30.3 Å². The Labute approximate surface area is 115 Å². The van der Waals surface area contributed by atoms with Gasteiger partial charge in [-0.05, 0) is 36.7 Å². The van der Waals surface area contributed by atoms with E-state index in [-0.39, 0.29) is 11.9 Å². The first-order valence-electron chi connectivity index (χ1n) is 7.01. The second kappa shape index (κ2) is 5.74. The highest BCUT2D eigenvalue weighted by atomic mass is 16.3. The van der Waals surface area contributed by atoms with Crippen molar-refractivity contribution in [2.24, 2.45) is 5.41 Å². The van der Waals surface area contributed by atoms with Gasteiger partial charge in [-0.15, -0.1) is 0 Å². The van der Waals surface area contributed by atoms with Crippen molar-refractivity contribution in [1.82, 2.24) is 5.32 Å². The molecule has 0 aromatic heterocycles. The molecule has 1 fully saturated rings. The summed E-state index contributed by atoms with van der Waals surface area (Å²) in [6, 6.07) is 9.28. The summed E-state index contributed by atoms with van der Waals surface area (Å²) in [5.41, 5.74) is 1.04. The normalized spacial score (nSPS) is 20.8. The number of benzene rings is 1. The summed E-state index contributed by atoms with van der Waals surface area (Å²) in [5, 5.41) is 13.0. The second-order valence-corrected chi connectivity index (χ2v) is 6.26. The van der Waals surface area contributed by atoms with Crippen LogP contribution in [0.5, 0.6) is 0 Å². The van der Waals surface area contributed by atoms with Gasteiger partial charge in [-0.1, -0.05) is 44.2 Å². The highest BCUT2D eigenvalue weighted by molar-refractivity contribution is 5.82. The zero-order valence-corrected chi connectivity index (χ0v) is 11.7. The van der Waals surface area contributed by atoms with Crippen LogP contribution in [0.1, 0.15) is 51.2 Å². The molecule has 0 spiro atoms. The van der Waals surface area contributed by atoms with Gasteiger partial charge in [-0.25, -0.2) is 0 Å². The Balaban J connectivity index is 1.88. The van der Waals surface area contributed by atoms with Crippen molar-refractivity contribution in [1.29, 1.82) is 0 Å². The monoisotopic (exact) mass is 261 g/mol. The van der Waals surface area contributed by atoms with Crippen LogP contribution >= 0.6 is 0 Å². The van der Waals surface area contributed by atoms with Gasteiger partial charge in [0.05, 0.1) is 0 Å². The maximum atomic E-state index is 12.0. The SMILES string of the molecule is CC1(C)CCC(NC(=O)C(O)c2ccccc2)CC1. The summed E-state index contributed by atoms with van der Waals surface area (Å²) in [5.74, 6) is -0.282. The summed E-state index contributed by atoms with van der Waals surface area (Å²) in [6.07, 6.45) is 3.19. The van der Waals surface area contributed by atoms with Crippen LogP contribution in [0.25, 0.3) is 0 Å². The Hall–Kier alpha value is -1.35. The van der Waals surface area contributed by atoms with Gasteiger partial charge in [0.2, 0.25) is 0 Å². The Kier molecular flexibility index (Phi) is 4.25. The van der Waals surface area contributed by atoms with Crippen LogP contribution in [0.4, 0.5) is 0 Å². The minimum Gasteiger partial charge on any atom is -0.378 e. The van der Waals surface area contributed by atoms with Crippen LogP contribution in [0.3, 0.4) is 0 Å². The molecule has 1 saturated carbocycles. The van der Waals surface area contributed by atoms with E-state index in [9.17, 15) is 9.90 Å². The van der Waals surface area contributed by atoms with E-state index in [0.29, 0.717) is 11.0 Å². The van der Waals surface area contributed by atoms with E-state index >= 15 is 0 Å². The predicted molar refractivity (Wildman–Crippen MR) is 75.6 cm³/mol. The molecule has 1 aliphatic rings. The standard InChI is InChI=1S/C16H23NO2/c1-16(2)10-8-13(9-11-16)17-15(19)14(18)12-6-4-3-5-7-12/h3-7,13-14,18H,8-11H2,1-2H3,(H,17,19). The van der Waals surface area contributed by atoms with Crippen LogP contribution in [0, 0.1) is 5.41 Å². The topological polar surface area (TPSA) is 49.3 Å². The summed E-state index contributed by atoms with van der Waals surface area (Å²) in [4.78, 5) is 12.0. The van der Waals surface area contributed by atoms with Gasteiger partial charge >= 0.3 is 0 Å². The largest absolute Gasteiger partial charge is 0.378 e. The smallest absolute Gasteiger partial charge is 0.253 e. The molecule has 2 N–H and O–H groups in total. The predicted octanol–water partition coefficient (Wildman–Crippen LogP) is 2.81. The van der Waals surface area contributed by atoms with E-state index in [4.69, 9.17) is 0 Å². The number of carbonyl (C=O) groups is 1. The summed E-state index contributed by atoms with van der Waals surface area (Å²) in [6.45, 7) is 4.54. The molecule has 1 amide bonds. The van der Waals surface area contributed by atoms with Crippen molar-refractivity contribution in [3.05, 3.63) is 35.9 Å². The fourth-order valence-corrected chi connectivity index (χ4v) is 2.61. The van der Waals surface area contributed by atoms with Gasteiger partial charge < -0.3 is 10.4 Å².